The highest BCUT2D eigenvalue weighted by Crippen LogP contribution is 2.15. The SMILES string of the molecule is Cc1c(NC(=O)[C@H](C)OC(=O)CNS(=O)(=O)c2ccc(C#N)cc2)c(=O)n(-c2ccccc2)n1C. The highest BCUT2D eigenvalue weighted by atomic mass is 32.2. The van der Waals surface area contributed by atoms with Gasteiger partial charge in [0.1, 0.15) is 12.2 Å². The third kappa shape index (κ3) is 5.65. The molecule has 0 radical (unpaired) electrons. The average Bonchev–Trinajstić information content (AvgIpc) is 3.06. The molecule has 0 unspecified atom stereocenters. The van der Waals surface area contributed by atoms with Crippen LogP contribution in [0, 0.1) is 18.3 Å². The summed E-state index contributed by atoms with van der Waals surface area (Å²) in [7, 11) is -2.36. The van der Waals surface area contributed by atoms with E-state index in [0.717, 1.165) is 0 Å². The largest absolute Gasteiger partial charge is 0.452 e. The Bertz CT molecular complexity index is 1450. The van der Waals surface area contributed by atoms with Gasteiger partial charge in [-0.25, -0.2) is 13.1 Å². The standard InChI is InChI=1S/C23H23N5O6S/c1-15-21(23(31)28(27(15)3)18-7-5-4-6-8-18)26-22(30)16(2)34-20(29)14-25-35(32,33)19-11-9-17(13-24)10-12-19/h4-12,16,25H,14H2,1-3H3,(H,26,30)/t16-/m0/s1. The van der Waals surface area contributed by atoms with Gasteiger partial charge in [0.2, 0.25) is 10.0 Å². The summed E-state index contributed by atoms with van der Waals surface area (Å²) in [4.78, 5) is 37.5. The Balaban J connectivity index is 1.63. The van der Waals surface area contributed by atoms with E-state index < -0.39 is 40.1 Å². The van der Waals surface area contributed by atoms with Gasteiger partial charge in [0.05, 0.1) is 27.9 Å². The molecule has 3 aromatic rings. The molecule has 0 aliphatic heterocycles. The lowest BCUT2D eigenvalue weighted by Crippen LogP contribution is -2.36. The first-order valence-corrected chi connectivity index (χ1v) is 11.9. The second kappa shape index (κ2) is 10.4. The van der Waals surface area contributed by atoms with Crippen molar-refractivity contribution in [1.82, 2.24) is 14.1 Å². The first-order valence-electron chi connectivity index (χ1n) is 10.4. The number of aromatic nitrogens is 2. The molecule has 12 heteroatoms. The zero-order chi connectivity index (χ0) is 25.8. The first-order chi connectivity index (χ1) is 16.5. The highest BCUT2D eigenvalue weighted by molar-refractivity contribution is 7.89. The molecule has 0 aliphatic carbocycles. The number of para-hydroxylation sites is 1. The number of nitrogens with zero attached hydrogens (tertiary/aromatic N) is 3. The van der Waals surface area contributed by atoms with E-state index in [9.17, 15) is 22.8 Å². The van der Waals surface area contributed by atoms with E-state index in [4.69, 9.17) is 10.00 Å². The fourth-order valence-electron chi connectivity index (χ4n) is 3.18. The molecule has 11 nitrogen and oxygen atoms in total. The fourth-order valence-corrected chi connectivity index (χ4v) is 4.14. The van der Waals surface area contributed by atoms with E-state index in [1.807, 2.05) is 12.1 Å². The second-order valence-electron chi connectivity index (χ2n) is 7.52. The van der Waals surface area contributed by atoms with Gasteiger partial charge >= 0.3 is 5.97 Å². The molecular formula is C23H23N5O6S. The Hall–Kier alpha value is -4.21. The summed E-state index contributed by atoms with van der Waals surface area (Å²) in [5, 5.41) is 11.3. The van der Waals surface area contributed by atoms with Gasteiger partial charge in [0, 0.05) is 7.05 Å². The average molecular weight is 498 g/mol. The second-order valence-corrected chi connectivity index (χ2v) is 9.29. The molecule has 0 spiro atoms. The minimum absolute atomic E-state index is 0.0331. The summed E-state index contributed by atoms with van der Waals surface area (Å²) in [6, 6.07) is 15.9. The van der Waals surface area contributed by atoms with Crippen molar-refractivity contribution in [1.29, 1.82) is 5.26 Å². The van der Waals surface area contributed by atoms with Crippen LogP contribution in [0.1, 0.15) is 18.2 Å². The molecule has 35 heavy (non-hydrogen) atoms. The molecule has 0 bridgehead atoms. The van der Waals surface area contributed by atoms with Crippen LogP contribution in [0.15, 0.2) is 64.3 Å². The van der Waals surface area contributed by atoms with Crippen molar-refractivity contribution in [2.75, 3.05) is 11.9 Å². The Labute approximate surface area is 201 Å². The van der Waals surface area contributed by atoms with E-state index in [-0.39, 0.29) is 16.1 Å². The van der Waals surface area contributed by atoms with E-state index in [2.05, 4.69) is 10.0 Å². The lowest BCUT2D eigenvalue weighted by Gasteiger charge is -2.13. The molecule has 0 fully saturated rings. The maximum Gasteiger partial charge on any atom is 0.321 e. The summed E-state index contributed by atoms with van der Waals surface area (Å²) in [6.07, 6.45) is -1.30. The first kappa shape index (κ1) is 25.4. The summed E-state index contributed by atoms with van der Waals surface area (Å²) in [5.74, 6) is -1.74. The number of sulfonamides is 1. The van der Waals surface area contributed by atoms with Gasteiger partial charge in [0.15, 0.2) is 6.10 Å². The van der Waals surface area contributed by atoms with Crippen LogP contribution >= 0.6 is 0 Å². The van der Waals surface area contributed by atoms with E-state index in [1.165, 1.54) is 35.9 Å². The molecule has 0 saturated heterocycles. The van der Waals surface area contributed by atoms with Gasteiger partial charge in [-0.3, -0.25) is 19.1 Å². The zero-order valence-electron chi connectivity index (χ0n) is 19.2. The number of rotatable bonds is 8. The maximum absolute atomic E-state index is 12.9. The number of amides is 1. The van der Waals surface area contributed by atoms with Crippen LogP contribution in [0.5, 0.6) is 0 Å². The summed E-state index contributed by atoms with van der Waals surface area (Å²) >= 11 is 0. The Morgan fingerprint density at radius 2 is 1.74 bits per heavy atom. The molecule has 2 aromatic carbocycles. The Morgan fingerprint density at radius 3 is 2.34 bits per heavy atom. The van der Waals surface area contributed by atoms with Crippen LogP contribution in [0.4, 0.5) is 5.69 Å². The molecule has 1 aromatic heterocycles. The van der Waals surface area contributed by atoms with Crippen molar-refractivity contribution >= 4 is 27.6 Å². The van der Waals surface area contributed by atoms with Crippen LogP contribution in [0.3, 0.4) is 0 Å². The smallest absolute Gasteiger partial charge is 0.321 e. The van der Waals surface area contributed by atoms with E-state index in [0.29, 0.717) is 11.4 Å². The molecular weight excluding hydrogens is 474 g/mol. The molecule has 1 atom stereocenters. The Morgan fingerprint density at radius 1 is 1.11 bits per heavy atom. The van der Waals surface area contributed by atoms with Crippen LogP contribution in [-0.4, -0.2) is 42.3 Å². The molecule has 1 amide bonds. The van der Waals surface area contributed by atoms with Gasteiger partial charge in [-0.05, 0) is 50.2 Å². The molecule has 2 N–H and O–H groups in total. The van der Waals surface area contributed by atoms with Crippen LogP contribution in [0.2, 0.25) is 0 Å². The number of esters is 1. The van der Waals surface area contributed by atoms with Gasteiger partial charge in [-0.1, -0.05) is 18.2 Å². The normalized spacial score (nSPS) is 11.9. The molecule has 1 heterocycles. The number of nitrogens with one attached hydrogen (secondary N) is 2. The number of benzene rings is 2. The highest BCUT2D eigenvalue weighted by Gasteiger charge is 2.24. The molecule has 182 valence electrons. The van der Waals surface area contributed by atoms with Crippen molar-refractivity contribution in [3.05, 3.63) is 76.2 Å². The predicted molar refractivity (Wildman–Crippen MR) is 126 cm³/mol. The molecule has 0 aliphatic rings. The van der Waals surface area contributed by atoms with Crippen molar-refractivity contribution in [3.63, 3.8) is 0 Å². The van der Waals surface area contributed by atoms with E-state index in [1.54, 1.807) is 42.9 Å². The third-order valence-corrected chi connectivity index (χ3v) is 6.60. The number of hydrogen-bond donors (Lipinski definition) is 2. The van der Waals surface area contributed by atoms with Gasteiger partial charge in [0.25, 0.3) is 11.5 Å². The minimum atomic E-state index is -4.03. The summed E-state index contributed by atoms with van der Waals surface area (Å²) < 4.78 is 34.7. The monoisotopic (exact) mass is 497 g/mol. The number of carbonyl (C=O) groups excluding carboxylic acids is 2. The van der Waals surface area contributed by atoms with Gasteiger partial charge < -0.3 is 10.1 Å². The van der Waals surface area contributed by atoms with Crippen LogP contribution < -0.4 is 15.6 Å². The van der Waals surface area contributed by atoms with E-state index >= 15 is 0 Å². The lowest BCUT2D eigenvalue weighted by atomic mass is 10.2. The number of nitriles is 1. The Kier molecular flexibility index (Phi) is 7.53. The predicted octanol–water partition coefficient (Wildman–Crippen LogP) is 1.20. The maximum atomic E-state index is 12.9. The van der Waals surface area contributed by atoms with Crippen molar-refractivity contribution in [2.45, 2.75) is 24.8 Å². The fraction of sp³-hybridized carbons (Fsp3) is 0.217. The summed E-state index contributed by atoms with van der Waals surface area (Å²) in [5.41, 5.74) is 0.954. The van der Waals surface area contributed by atoms with Gasteiger partial charge in [-0.15, -0.1) is 0 Å². The molecule has 0 saturated carbocycles. The van der Waals surface area contributed by atoms with Crippen molar-refractivity contribution < 1.29 is 22.7 Å². The number of carbonyl (C=O) groups is 2. The zero-order valence-corrected chi connectivity index (χ0v) is 20.0. The summed E-state index contributed by atoms with van der Waals surface area (Å²) in [6.45, 7) is 2.24. The van der Waals surface area contributed by atoms with Gasteiger partial charge in [-0.2, -0.15) is 9.98 Å². The quantitative estimate of drug-likeness (QED) is 0.444. The number of hydrogen-bond acceptors (Lipinski definition) is 7. The van der Waals surface area contributed by atoms with Crippen LogP contribution in [0.25, 0.3) is 5.69 Å². The lowest BCUT2D eigenvalue weighted by molar-refractivity contribution is -0.151. The third-order valence-electron chi connectivity index (χ3n) is 5.18. The topological polar surface area (TPSA) is 152 Å². The number of anilines is 1. The number of ether oxygens (including phenoxy) is 1. The van der Waals surface area contributed by atoms with Crippen LogP contribution in [-0.2, 0) is 31.4 Å². The molecule has 3 rings (SSSR count). The van der Waals surface area contributed by atoms with Crippen molar-refractivity contribution in [2.24, 2.45) is 7.05 Å². The minimum Gasteiger partial charge on any atom is -0.452 e. The van der Waals surface area contributed by atoms with Crippen molar-refractivity contribution in [3.8, 4) is 11.8 Å².